The van der Waals surface area contributed by atoms with Crippen molar-refractivity contribution in [3.8, 4) is 0 Å². The highest BCUT2D eigenvalue weighted by molar-refractivity contribution is 4.79. The zero-order valence-corrected chi connectivity index (χ0v) is 9.87. The van der Waals surface area contributed by atoms with E-state index in [-0.39, 0.29) is 12.1 Å². The van der Waals surface area contributed by atoms with E-state index < -0.39 is 6.10 Å². The number of nitrogens with one attached hydrogen (secondary N) is 1. The summed E-state index contributed by atoms with van der Waals surface area (Å²) < 4.78 is 1.70. The van der Waals surface area contributed by atoms with Gasteiger partial charge in [0.25, 0.3) is 0 Å². The summed E-state index contributed by atoms with van der Waals surface area (Å²) in [6.45, 7) is 4.75. The molecule has 5 nitrogen and oxygen atoms in total. The minimum Gasteiger partial charge on any atom is -0.393 e. The van der Waals surface area contributed by atoms with Gasteiger partial charge in [-0.15, -0.1) is 0 Å². The van der Waals surface area contributed by atoms with Crippen molar-refractivity contribution in [3.05, 3.63) is 18.5 Å². The molecule has 0 bridgehead atoms. The van der Waals surface area contributed by atoms with Crippen molar-refractivity contribution in [2.75, 3.05) is 6.54 Å². The summed E-state index contributed by atoms with van der Waals surface area (Å²) in [5, 5.41) is 26.1. The Hall–Kier alpha value is -0.910. The van der Waals surface area contributed by atoms with Crippen molar-refractivity contribution in [3.63, 3.8) is 0 Å². The van der Waals surface area contributed by atoms with E-state index in [0.717, 1.165) is 0 Å². The average molecular weight is 227 g/mol. The van der Waals surface area contributed by atoms with Crippen LogP contribution in [0.3, 0.4) is 0 Å². The molecular weight excluding hydrogens is 206 g/mol. The Bertz CT molecular complexity index is 275. The number of aliphatic hydroxyl groups excluding tert-OH is 2. The van der Waals surface area contributed by atoms with Gasteiger partial charge in [0.05, 0.1) is 18.8 Å². The lowest BCUT2D eigenvalue weighted by Gasteiger charge is -2.18. The number of aliphatic hydroxyl groups is 2. The lowest BCUT2D eigenvalue weighted by molar-refractivity contribution is 0.133. The molecule has 0 aliphatic carbocycles. The van der Waals surface area contributed by atoms with Crippen LogP contribution in [-0.4, -0.2) is 44.8 Å². The molecule has 0 saturated heterocycles. The predicted molar refractivity (Wildman–Crippen MR) is 62.0 cm³/mol. The van der Waals surface area contributed by atoms with Gasteiger partial charge in [-0.25, -0.2) is 0 Å². The Morgan fingerprint density at radius 3 is 2.69 bits per heavy atom. The lowest BCUT2D eigenvalue weighted by Crippen LogP contribution is -2.37. The molecule has 16 heavy (non-hydrogen) atoms. The van der Waals surface area contributed by atoms with Gasteiger partial charge in [-0.2, -0.15) is 5.10 Å². The molecule has 0 aliphatic rings. The van der Waals surface area contributed by atoms with Crippen molar-refractivity contribution in [1.82, 2.24) is 15.1 Å². The monoisotopic (exact) mass is 227 g/mol. The highest BCUT2D eigenvalue weighted by atomic mass is 16.3. The van der Waals surface area contributed by atoms with Crippen LogP contribution in [-0.2, 0) is 6.54 Å². The number of hydrogen-bond acceptors (Lipinski definition) is 4. The van der Waals surface area contributed by atoms with E-state index in [4.69, 9.17) is 0 Å². The third-order valence-corrected chi connectivity index (χ3v) is 2.35. The first-order valence-corrected chi connectivity index (χ1v) is 5.65. The third kappa shape index (κ3) is 5.25. The quantitative estimate of drug-likeness (QED) is 0.613. The van der Waals surface area contributed by atoms with Crippen molar-refractivity contribution >= 4 is 0 Å². The number of nitrogens with zero attached hydrogens (tertiary/aromatic N) is 2. The molecule has 1 aromatic rings. The topological polar surface area (TPSA) is 70.3 Å². The van der Waals surface area contributed by atoms with Gasteiger partial charge in [-0.05, 0) is 26.3 Å². The smallest absolute Gasteiger partial charge is 0.0860 e. The van der Waals surface area contributed by atoms with Gasteiger partial charge in [0.2, 0.25) is 0 Å². The second-order valence-corrected chi connectivity index (χ2v) is 4.28. The van der Waals surface area contributed by atoms with Crippen LogP contribution in [0.2, 0.25) is 0 Å². The van der Waals surface area contributed by atoms with Crippen LogP contribution in [0.5, 0.6) is 0 Å². The van der Waals surface area contributed by atoms with E-state index in [1.165, 1.54) is 0 Å². The van der Waals surface area contributed by atoms with Gasteiger partial charge in [0.1, 0.15) is 0 Å². The van der Waals surface area contributed by atoms with Crippen molar-refractivity contribution in [2.24, 2.45) is 0 Å². The van der Waals surface area contributed by atoms with E-state index >= 15 is 0 Å². The average Bonchev–Trinajstić information content (AvgIpc) is 2.66. The zero-order valence-electron chi connectivity index (χ0n) is 9.87. The minimum absolute atomic E-state index is 0.201. The maximum Gasteiger partial charge on any atom is 0.0860 e. The SMILES string of the molecule is CC(O)CC(C)NCC(O)Cn1cccn1. The molecule has 0 radical (unpaired) electrons. The van der Waals surface area contributed by atoms with Crippen LogP contribution < -0.4 is 5.32 Å². The van der Waals surface area contributed by atoms with E-state index in [1.54, 1.807) is 17.8 Å². The van der Waals surface area contributed by atoms with E-state index in [1.807, 2.05) is 19.2 Å². The molecule has 1 heterocycles. The summed E-state index contributed by atoms with van der Waals surface area (Å²) in [5.41, 5.74) is 0. The third-order valence-electron chi connectivity index (χ3n) is 2.35. The molecule has 3 N–H and O–H groups in total. The molecule has 0 fully saturated rings. The van der Waals surface area contributed by atoms with Crippen LogP contribution in [0.25, 0.3) is 0 Å². The van der Waals surface area contributed by atoms with E-state index in [0.29, 0.717) is 19.5 Å². The summed E-state index contributed by atoms with van der Waals surface area (Å²) in [7, 11) is 0. The molecule has 0 saturated carbocycles. The van der Waals surface area contributed by atoms with Crippen molar-refractivity contribution < 1.29 is 10.2 Å². The normalized spacial score (nSPS) is 17.0. The summed E-state index contributed by atoms with van der Waals surface area (Å²) in [6, 6.07) is 2.03. The Morgan fingerprint density at radius 1 is 1.38 bits per heavy atom. The number of hydrogen-bond donors (Lipinski definition) is 3. The Balaban J connectivity index is 2.17. The second-order valence-electron chi connectivity index (χ2n) is 4.28. The van der Waals surface area contributed by atoms with Gasteiger partial charge in [-0.1, -0.05) is 0 Å². The van der Waals surface area contributed by atoms with Crippen molar-refractivity contribution in [2.45, 2.75) is 45.1 Å². The summed E-state index contributed by atoms with van der Waals surface area (Å²) >= 11 is 0. The molecule has 92 valence electrons. The van der Waals surface area contributed by atoms with Gasteiger partial charge in [0.15, 0.2) is 0 Å². The molecule has 0 aromatic carbocycles. The van der Waals surface area contributed by atoms with Crippen molar-refractivity contribution in [1.29, 1.82) is 0 Å². The first kappa shape index (κ1) is 13.2. The molecule has 3 unspecified atom stereocenters. The highest BCUT2D eigenvalue weighted by Gasteiger charge is 2.09. The number of aromatic nitrogens is 2. The summed E-state index contributed by atoms with van der Waals surface area (Å²) in [6.07, 6.45) is 3.43. The zero-order chi connectivity index (χ0) is 12.0. The van der Waals surface area contributed by atoms with Crippen LogP contribution in [0.1, 0.15) is 20.3 Å². The van der Waals surface area contributed by atoms with Crippen LogP contribution in [0, 0.1) is 0 Å². The first-order chi connectivity index (χ1) is 7.58. The maximum atomic E-state index is 9.72. The molecule has 1 rings (SSSR count). The number of rotatable bonds is 7. The maximum absolute atomic E-state index is 9.72. The molecule has 1 aromatic heterocycles. The molecule has 3 atom stereocenters. The summed E-state index contributed by atoms with van der Waals surface area (Å²) in [5.74, 6) is 0. The standard InChI is InChI=1S/C11H21N3O2/c1-9(6-10(2)15)12-7-11(16)8-14-5-3-4-13-14/h3-5,9-12,15-16H,6-8H2,1-2H3. The minimum atomic E-state index is -0.462. The molecule has 0 spiro atoms. The van der Waals surface area contributed by atoms with E-state index in [9.17, 15) is 10.2 Å². The Labute approximate surface area is 96.1 Å². The molecule has 5 heteroatoms. The van der Waals surface area contributed by atoms with Gasteiger partial charge in [-0.3, -0.25) is 4.68 Å². The van der Waals surface area contributed by atoms with Crippen LogP contribution in [0.15, 0.2) is 18.5 Å². The van der Waals surface area contributed by atoms with Crippen LogP contribution >= 0.6 is 0 Å². The van der Waals surface area contributed by atoms with E-state index in [2.05, 4.69) is 10.4 Å². The predicted octanol–water partition coefficient (Wildman–Crippen LogP) is -0.00700. The Morgan fingerprint density at radius 2 is 2.12 bits per heavy atom. The molecular formula is C11H21N3O2. The fourth-order valence-electron chi connectivity index (χ4n) is 1.62. The van der Waals surface area contributed by atoms with Crippen LogP contribution in [0.4, 0.5) is 0 Å². The lowest BCUT2D eigenvalue weighted by atomic mass is 10.1. The largest absolute Gasteiger partial charge is 0.393 e. The second kappa shape index (κ2) is 6.62. The fraction of sp³-hybridized carbons (Fsp3) is 0.727. The van der Waals surface area contributed by atoms with Gasteiger partial charge >= 0.3 is 0 Å². The van der Waals surface area contributed by atoms with Gasteiger partial charge in [0, 0.05) is 25.0 Å². The first-order valence-electron chi connectivity index (χ1n) is 5.65. The fourth-order valence-corrected chi connectivity index (χ4v) is 1.62. The van der Waals surface area contributed by atoms with Gasteiger partial charge < -0.3 is 15.5 Å². The highest BCUT2D eigenvalue weighted by Crippen LogP contribution is 1.97. The Kier molecular flexibility index (Phi) is 5.45. The summed E-state index contributed by atoms with van der Waals surface area (Å²) in [4.78, 5) is 0. The molecule has 0 amide bonds. The molecule has 0 aliphatic heterocycles.